The first-order valence-corrected chi connectivity index (χ1v) is 11.5. The molecular weight excluding hydrogens is 394 g/mol. The van der Waals surface area contributed by atoms with Crippen LogP contribution in [-0.4, -0.2) is 39.2 Å². The summed E-state index contributed by atoms with van der Waals surface area (Å²) in [5.41, 5.74) is 1.63. The highest BCUT2D eigenvalue weighted by Crippen LogP contribution is 2.26. The van der Waals surface area contributed by atoms with Crippen LogP contribution in [0.5, 0.6) is 0 Å². The number of piperidine rings is 1. The highest BCUT2D eigenvalue weighted by atomic mass is 32.2. The molecule has 2 aromatic carbocycles. The minimum atomic E-state index is -0.177. The summed E-state index contributed by atoms with van der Waals surface area (Å²) < 4.78 is 1.73. The smallest absolute Gasteiger partial charge is 0.262 e. The average molecular weight is 422 g/mol. The van der Waals surface area contributed by atoms with Gasteiger partial charge in [-0.15, -0.1) is 0 Å². The number of hydrogen-bond donors (Lipinski definition) is 0. The fourth-order valence-electron chi connectivity index (χ4n) is 4.08. The molecule has 30 heavy (non-hydrogen) atoms. The number of amides is 1. The van der Waals surface area contributed by atoms with Crippen molar-refractivity contribution in [3.63, 3.8) is 0 Å². The van der Waals surface area contributed by atoms with E-state index in [1.807, 2.05) is 66.4 Å². The van der Waals surface area contributed by atoms with E-state index in [1.165, 1.54) is 18.2 Å². The van der Waals surface area contributed by atoms with Crippen LogP contribution in [0, 0.1) is 5.92 Å². The molecule has 2 heterocycles. The molecule has 0 radical (unpaired) electrons. The van der Waals surface area contributed by atoms with E-state index >= 15 is 0 Å². The van der Waals surface area contributed by atoms with E-state index in [1.54, 1.807) is 4.57 Å². The fourth-order valence-corrected chi connectivity index (χ4v) is 5.06. The lowest BCUT2D eigenvalue weighted by molar-refractivity contribution is -0.130. The Bertz CT molecular complexity index is 1100. The number of para-hydroxylation sites is 1. The molecule has 0 bridgehead atoms. The van der Waals surface area contributed by atoms with Gasteiger partial charge in [0.2, 0.25) is 5.91 Å². The summed E-state index contributed by atoms with van der Waals surface area (Å²) in [6.07, 6.45) is 2.23. The first-order valence-electron chi connectivity index (χ1n) is 10.5. The fraction of sp³-hybridized carbons (Fsp3) is 0.375. The molecule has 0 saturated carbocycles. The van der Waals surface area contributed by atoms with Gasteiger partial charge >= 0.3 is 0 Å². The summed E-state index contributed by atoms with van der Waals surface area (Å²) in [7, 11) is 0. The van der Waals surface area contributed by atoms with Crippen LogP contribution < -0.4 is 5.56 Å². The molecule has 1 fully saturated rings. The van der Waals surface area contributed by atoms with Crippen molar-refractivity contribution in [1.82, 2.24) is 14.5 Å². The molecule has 0 unspecified atom stereocenters. The SMILES string of the molecule is C[C@@H]1CCCN(C(=O)CSc2nc3ccccc3c(=O)n2[C@H](C)c2ccccc2)C1. The van der Waals surface area contributed by atoms with Gasteiger partial charge < -0.3 is 4.90 Å². The second-order valence-electron chi connectivity index (χ2n) is 8.05. The Kier molecular flexibility index (Phi) is 6.23. The van der Waals surface area contributed by atoms with Gasteiger partial charge in [0.1, 0.15) is 0 Å². The van der Waals surface area contributed by atoms with Crippen LogP contribution >= 0.6 is 11.8 Å². The molecule has 1 saturated heterocycles. The number of likely N-dealkylation sites (tertiary alicyclic amines) is 1. The maximum absolute atomic E-state index is 13.4. The minimum Gasteiger partial charge on any atom is -0.342 e. The van der Waals surface area contributed by atoms with Crippen molar-refractivity contribution in [3.8, 4) is 0 Å². The summed E-state index contributed by atoms with van der Waals surface area (Å²) in [5.74, 6) is 0.953. The second kappa shape index (κ2) is 9.04. The van der Waals surface area contributed by atoms with E-state index in [0.717, 1.165) is 25.1 Å². The van der Waals surface area contributed by atoms with Crippen molar-refractivity contribution in [2.24, 2.45) is 5.92 Å². The summed E-state index contributed by atoms with van der Waals surface area (Å²) in [6, 6.07) is 17.2. The molecule has 1 amide bonds. The molecule has 0 N–H and O–H groups in total. The van der Waals surface area contributed by atoms with Gasteiger partial charge in [0, 0.05) is 13.1 Å². The molecule has 1 aliphatic rings. The number of rotatable bonds is 5. The van der Waals surface area contributed by atoms with Crippen LogP contribution in [0.15, 0.2) is 64.5 Å². The predicted molar refractivity (Wildman–Crippen MR) is 122 cm³/mol. The normalized spacial score (nSPS) is 17.8. The Hall–Kier alpha value is -2.60. The number of hydrogen-bond acceptors (Lipinski definition) is 4. The van der Waals surface area contributed by atoms with E-state index in [0.29, 0.717) is 27.7 Å². The van der Waals surface area contributed by atoms with Crippen molar-refractivity contribution in [1.29, 1.82) is 0 Å². The molecule has 4 rings (SSSR count). The van der Waals surface area contributed by atoms with Crippen LogP contribution in [-0.2, 0) is 4.79 Å². The largest absolute Gasteiger partial charge is 0.342 e. The molecule has 1 aliphatic heterocycles. The van der Waals surface area contributed by atoms with Gasteiger partial charge in [-0.05, 0) is 43.4 Å². The molecule has 0 aliphatic carbocycles. The van der Waals surface area contributed by atoms with Gasteiger partial charge in [-0.3, -0.25) is 14.2 Å². The molecule has 0 spiro atoms. The van der Waals surface area contributed by atoms with Gasteiger partial charge in [0.15, 0.2) is 5.16 Å². The molecular formula is C24H27N3O2S. The van der Waals surface area contributed by atoms with Crippen molar-refractivity contribution in [3.05, 3.63) is 70.5 Å². The monoisotopic (exact) mass is 421 g/mol. The lowest BCUT2D eigenvalue weighted by atomic mass is 10.0. The van der Waals surface area contributed by atoms with E-state index in [4.69, 9.17) is 4.98 Å². The average Bonchev–Trinajstić information content (AvgIpc) is 2.78. The van der Waals surface area contributed by atoms with Gasteiger partial charge in [0.25, 0.3) is 5.56 Å². The van der Waals surface area contributed by atoms with Gasteiger partial charge in [0.05, 0.1) is 22.7 Å². The zero-order chi connectivity index (χ0) is 21.1. The quantitative estimate of drug-likeness (QED) is 0.454. The van der Waals surface area contributed by atoms with E-state index in [2.05, 4.69) is 6.92 Å². The topological polar surface area (TPSA) is 55.2 Å². The van der Waals surface area contributed by atoms with Crippen molar-refractivity contribution in [2.45, 2.75) is 37.9 Å². The lowest BCUT2D eigenvalue weighted by Crippen LogP contribution is -2.40. The Morgan fingerprint density at radius 2 is 1.90 bits per heavy atom. The number of aromatic nitrogens is 2. The summed E-state index contributed by atoms with van der Waals surface area (Å²) >= 11 is 1.36. The number of fused-ring (bicyclic) bond motifs is 1. The Labute approximate surface area is 181 Å². The highest BCUT2D eigenvalue weighted by Gasteiger charge is 2.23. The van der Waals surface area contributed by atoms with Crippen molar-refractivity contribution in [2.75, 3.05) is 18.8 Å². The molecule has 2 atom stereocenters. The maximum atomic E-state index is 13.4. The Balaban J connectivity index is 1.67. The van der Waals surface area contributed by atoms with Gasteiger partial charge in [-0.1, -0.05) is 61.2 Å². The summed E-state index contributed by atoms with van der Waals surface area (Å²) in [4.78, 5) is 32.9. The molecule has 5 nitrogen and oxygen atoms in total. The van der Waals surface area contributed by atoms with Crippen LogP contribution in [0.25, 0.3) is 10.9 Å². The van der Waals surface area contributed by atoms with Crippen LogP contribution in [0.1, 0.15) is 38.3 Å². The third-order valence-electron chi connectivity index (χ3n) is 5.78. The molecule has 6 heteroatoms. The zero-order valence-corrected chi connectivity index (χ0v) is 18.3. The minimum absolute atomic E-state index is 0.0708. The van der Waals surface area contributed by atoms with E-state index in [-0.39, 0.29) is 17.5 Å². The highest BCUT2D eigenvalue weighted by molar-refractivity contribution is 7.99. The Morgan fingerprint density at radius 1 is 1.17 bits per heavy atom. The van der Waals surface area contributed by atoms with Crippen molar-refractivity contribution >= 4 is 28.6 Å². The number of nitrogens with zero attached hydrogens (tertiary/aromatic N) is 3. The van der Waals surface area contributed by atoms with Gasteiger partial charge in [-0.2, -0.15) is 0 Å². The molecule has 156 valence electrons. The van der Waals surface area contributed by atoms with Crippen molar-refractivity contribution < 1.29 is 4.79 Å². The first kappa shape index (κ1) is 20.7. The second-order valence-corrected chi connectivity index (χ2v) is 8.99. The maximum Gasteiger partial charge on any atom is 0.262 e. The van der Waals surface area contributed by atoms with Crippen LogP contribution in [0.2, 0.25) is 0 Å². The van der Waals surface area contributed by atoms with E-state index in [9.17, 15) is 9.59 Å². The third kappa shape index (κ3) is 4.29. The number of carbonyl (C=O) groups is 1. The van der Waals surface area contributed by atoms with Gasteiger partial charge in [-0.25, -0.2) is 4.98 Å². The number of benzene rings is 2. The first-order chi connectivity index (χ1) is 14.5. The van der Waals surface area contributed by atoms with Crippen LogP contribution in [0.3, 0.4) is 0 Å². The lowest BCUT2D eigenvalue weighted by Gasteiger charge is -2.31. The number of thioether (sulfide) groups is 1. The predicted octanol–water partition coefficient (Wildman–Crippen LogP) is 4.36. The van der Waals surface area contributed by atoms with E-state index < -0.39 is 0 Å². The Morgan fingerprint density at radius 3 is 2.67 bits per heavy atom. The molecule has 1 aromatic heterocycles. The summed E-state index contributed by atoms with van der Waals surface area (Å²) in [5, 5.41) is 1.19. The zero-order valence-electron chi connectivity index (χ0n) is 17.5. The molecule has 3 aromatic rings. The van der Waals surface area contributed by atoms with Crippen LogP contribution in [0.4, 0.5) is 0 Å². The number of carbonyl (C=O) groups excluding carboxylic acids is 1. The third-order valence-corrected chi connectivity index (χ3v) is 6.72. The summed E-state index contributed by atoms with van der Waals surface area (Å²) in [6.45, 7) is 5.84. The standard InChI is InChI=1S/C24H27N3O2S/c1-17-9-8-14-26(15-17)22(28)16-30-24-25-21-13-7-6-12-20(21)23(29)27(24)18(2)19-10-4-3-5-11-19/h3-7,10-13,17-18H,8-9,14-16H2,1-2H3/t17-,18-/m1/s1.